The maximum absolute atomic E-state index is 12.0. The van der Waals surface area contributed by atoms with Crippen LogP contribution in [0.4, 0.5) is 5.69 Å². The van der Waals surface area contributed by atoms with Crippen molar-refractivity contribution in [1.82, 2.24) is 5.32 Å². The van der Waals surface area contributed by atoms with E-state index in [1.165, 1.54) is 11.8 Å². The zero-order chi connectivity index (χ0) is 16.2. The maximum Gasteiger partial charge on any atom is 0.264 e. The van der Waals surface area contributed by atoms with Gasteiger partial charge < -0.3 is 15.2 Å². The molecule has 1 fully saturated rings. The van der Waals surface area contributed by atoms with Gasteiger partial charge in [0, 0.05) is 0 Å². The van der Waals surface area contributed by atoms with Crippen LogP contribution in [0.25, 0.3) is 6.08 Å². The highest BCUT2D eigenvalue weighted by Crippen LogP contribution is 2.31. The summed E-state index contributed by atoms with van der Waals surface area (Å²) in [4.78, 5) is 17.0. The van der Waals surface area contributed by atoms with Crippen LogP contribution in [-0.4, -0.2) is 23.3 Å². The van der Waals surface area contributed by atoms with Gasteiger partial charge >= 0.3 is 0 Å². The van der Waals surface area contributed by atoms with Crippen LogP contribution in [0.1, 0.15) is 5.56 Å². The average molecular weight is 326 g/mol. The number of thioether (sulfide) groups is 1. The Kier molecular flexibility index (Phi) is 4.34. The highest BCUT2D eigenvalue weighted by Gasteiger charge is 2.24. The van der Waals surface area contributed by atoms with E-state index in [9.17, 15) is 9.90 Å². The first-order valence-electron chi connectivity index (χ1n) is 6.87. The summed E-state index contributed by atoms with van der Waals surface area (Å²) in [6.07, 6.45) is 1.75. The van der Waals surface area contributed by atoms with Crippen LogP contribution >= 0.6 is 11.8 Å². The summed E-state index contributed by atoms with van der Waals surface area (Å²) in [6.45, 7) is 0. The molecule has 1 amide bonds. The van der Waals surface area contributed by atoms with Crippen molar-refractivity contribution in [2.24, 2.45) is 4.99 Å². The normalized spacial score (nSPS) is 17.5. The number of rotatable bonds is 3. The molecule has 1 heterocycles. The monoisotopic (exact) mass is 326 g/mol. The summed E-state index contributed by atoms with van der Waals surface area (Å²) in [6, 6.07) is 14.0. The van der Waals surface area contributed by atoms with Gasteiger partial charge in [0.2, 0.25) is 0 Å². The number of methoxy groups -OCH3 is 1. The molecule has 0 atom stereocenters. The minimum Gasteiger partial charge on any atom is -0.508 e. The molecule has 2 N–H and O–H groups in total. The Hall–Kier alpha value is -2.73. The van der Waals surface area contributed by atoms with Crippen molar-refractivity contribution in [2.45, 2.75) is 0 Å². The van der Waals surface area contributed by atoms with Gasteiger partial charge in [0.1, 0.15) is 17.2 Å². The van der Waals surface area contributed by atoms with E-state index in [-0.39, 0.29) is 11.7 Å². The number of carbonyl (C=O) groups excluding carboxylic acids is 1. The first-order chi connectivity index (χ1) is 11.2. The lowest BCUT2D eigenvalue weighted by molar-refractivity contribution is -0.115. The van der Waals surface area contributed by atoms with E-state index in [1.54, 1.807) is 37.5 Å². The molecule has 1 aliphatic heterocycles. The Bertz CT molecular complexity index is 798. The number of phenolic OH excluding ortho intramolecular Hbond substituents is 1. The van der Waals surface area contributed by atoms with E-state index in [1.807, 2.05) is 24.3 Å². The number of amides is 1. The van der Waals surface area contributed by atoms with Crippen LogP contribution in [0.15, 0.2) is 58.4 Å². The fourth-order valence-electron chi connectivity index (χ4n) is 2.03. The Balaban J connectivity index is 1.84. The summed E-state index contributed by atoms with van der Waals surface area (Å²) in [5.74, 6) is 0.636. The molecule has 0 radical (unpaired) electrons. The average Bonchev–Trinajstić information content (AvgIpc) is 2.89. The zero-order valence-corrected chi connectivity index (χ0v) is 13.1. The molecule has 2 aromatic carbocycles. The van der Waals surface area contributed by atoms with Crippen LogP contribution < -0.4 is 10.1 Å². The predicted molar refractivity (Wildman–Crippen MR) is 91.9 cm³/mol. The summed E-state index contributed by atoms with van der Waals surface area (Å²) in [5, 5.41) is 12.5. The molecule has 0 unspecified atom stereocenters. The van der Waals surface area contributed by atoms with E-state index in [4.69, 9.17) is 4.74 Å². The van der Waals surface area contributed by atoms with Crippen LogP contribution in [0.3, 0.4) is 0 Å². The molecule has 0 aliphatic carbocycles. The lowest BCUT2D eigenvalue weighted by Crippen LogP contribution is -2.19. The number of nitrogens with zero attached hydrogens (tertiary/aromatic N) is 1. The highest BCUT2D eigenvalue weighted by molar-refractivity contribution is 8.18. The van der Waals surface area contributed by atoms with Crippen molar-refractivity contribution in [1.29, 1.82) is 0 Å². The molecule has 0 saturated carbocycles. The molecule has 23 heavy (non-hydrogen) atoms. The molecule has 5 nitrogen and oxygen atoms in total. The van der Waals surface area contributed by atoms with Gasteiger partial charge in [-0.05, 0) is 47.7 Å². The van der Waals surface area contributed by atoms with Gasteiger partial charge in [-0.2, -0.15) is 0 Å². The van der Waals surface area contributed by atoms with Gasteiger partial charge in [-0.25, -0.2) is 4.99 Å². The molecular weight excluding hydrogens is 312 g/mol. The predicted octanol–water partition coefficient (Wildman–Crippen LogP) is 3.29. The molecule has 0 spiro atoms. The molecule has 0 aromatic heterocycles. The Morgan fingerprint density at radius 1 is 1.17 bits per heavy atom. The number of hydrogen-bond acceptors (Lipinski definition) is 5. The summed E-state index contributed by atoms with van der Waals surface area (Å²) in [5.41, 5.74) is 1.49. The smallest absolute Gasteiger partial charge is 0.264 e. The van der Waals surface area contributed by atoms with Crippen LogP contribution in [0.5, 0.6) is 11.5 Å². The lowest BCUT2D eigenvalue weighted by atomic mass is 10.2. The van der Waals surface area contributed by atoms with Crippen molar-refractivity contribution in [2.75, 3.05) is 7.11 Å². The largest absolute Gasteiger partial charge is 0.508 e. The minimum atomic E-state index is -0.197. The number of nitrogens with one attached hydrogen (secondary N) is 1. The van der Waals surface area contributed by atoms with Gasteiger partial charge in [-0.15, -0.1) is 0 Å². The number of carbonyl (C=O) groups is 1. The summed E-state index contributed by atoms with van der Waals surface area (Å²) in [7, 11) is 1.58. The topological polar surface area (TPSA) is 70.9 Å². The van der Waals surface area contributed by atoms with Gasteiger partial charge in [-0.1, -0.05) is 24.3 Å². The van der Waals surface area contributed by atoms with Crippen LogP contribution in [0, 0.1) is 0 Å². The third-order valence-electron chi connectivity index (χ3n) is 3.15. The van der Waals surface area contributed by atoms with Gasteiger partial charge in [0.05, 0.1) is 12.0 Å². The number of amidine groups is 1. The van der Waals surface area contributed by atoms with Crippen LogP contribution in [0.2, 0.25) is 0 Å². The number of aliphatic imine (C=N–C) groups is 1. The number of aromatic hydroxyl groups is 1. The third-order valence-corrected chi connectivity index (χ3v) is 4.06. The molecule has 1 saturated heterocycles. The second-order valence-corrected chi connectivity index (χ2v) is 5.78. The standard InChI is InChI=1S/C17H14N2O3S/c1-22-14-5-3-2-4-13(14)18-17-19-16(21)15(23-17)10-11-6-8-12(20)9-7-11/h2-10,20H,1H3,(H,18,19,21). The molecule has 1 aliphatic rings. The fourth-order valence-corrected chi connectivity index (χ4v) is 2.87. The fraction of sp³-hybridized carbons (Fsp3) is 0.0588. The molecule has 116 valence electrons. The van der Waals surface area contributed by atoms with Crippen molar-refractivity contribution < 1.29 is 14.6 Å². The second-order valence-electron chi connectivity index (χ2n) is 4.75. The van der Waals surface area contributed by atoms with Gasteiger partial charge in [0.25, 0.3) is 5.91 Å². The first-order valence-corrected chi connectivity index (χ1v) is 7.69. The van der Waals surface area contributed by atoms with E-state index >= 15 is 0 Å². The molecule has 3 rings (SSSR count). The Morgan fingerprint density at radius 2 is 1.91 bits per heavy atom. The van der Waals surface area contributed by atoms with E-state index in [0.29, 0.717) is 21.5 Å². The first kappa shape index (κ1) is 15.2. The van der Waals surface area contributed by atoms with Crippen molar-refractivity contribution in [3.8, 4) is 11.5 Å². The molecule has 0 bridgehead atoms. The number of hydrogen-bond donors (Lipinski definition) is 2. The highest BCUT2D eigenvalue weighted by atomic mass is 32.2. The zero-order valence-electron chi connectivity index (χ0n) is 12.3. The molecular formula is C17H14N2O3S. The number of phenols is 1. The SMILES string of the molecule is COc1ccccc1N=C1NC(=O)C(=Cc2ccc(O)cc2)S1. The Morgan fingerprint density at radius 3 is 2.65 bits per heavy atom. The quantitative estimate of drug-likeness (QED) is 0.849. The molecule has 6 heteroatoms. The van der Waals surface area contributed by atoms with E-state index in [2.05, 4.69) is 10.3 Å². The minimum absolute atomic E-state index is 0.189. The number of para-hydroxylation sites is 2. The van der Waals surface area contributed by atoms with Crippen LogP contribution in [-0.2, 0) is 4.79 Å². The maximum atomic E-state index is 12.0. The number of ether oxygens (including phenoxy) is 1. The lowest BCUT2D eigenvalue weighted by Gasteiger charge is -2.03. The van der Waals surface area contributed by atoms with E-state index in [0.717, 1.165) is 5.56 Å². The molecule has 2 aromatic rings. The van der Waals surface area contributed by atoms with Gasteiger partial charge in [-0.3, -0.25) is 4.79 Å². The number of benzene rings is 2. The van der Waals surface area contributed by atoms with Crippen molar-refractivity contribution >= 4 is 34.6 Å². The van der Waals surface area contributed by atoms with E-state index < -0.39 is 0 Å². The Labute approximate surface area is 137 Å². The second kappa shape index (κ2) is 6.58. The summed E-state index contributed by atoms with van der Waals surface area (Å²) < 4.78 is 5.25. The van der Waals surface area contributed by atoms with Gasteiger partial charge in [0.15, 0.2) is 5.17 Å². The van der Waals surface area contributed by atoms with Crippen molar-refractivity contribution in [3.05, 3.63) is 59.0 Å². The van der Waals surface area contributed by atoms with Crippen molar-refractivity contribution in [3.63, 3.8) is 0 Å². The third kappa shape index (κ3) is 3.54. The summed E-state index contributed by atoms with van der Waals surface area (Å²) >= 11 is 1.26.